The van der Waals surface area contributed by atoms with Crippen molar-refractivity contribution in [2.75, 3.05) is 13.1 Å². The molecule has 128 valence electrons. The zero-order chi connectivity index (χ0) is 17.9. The smallest absolute Gasteiger partial charge is 0.410 e. The quantitative estimate of drug-likeness (QED) is 0.669. The van der Waals surface area contributed by atoms with Gasteiger partial charge in [-0.2, -0.15) is 0 Å². The van der Waals surface area contributed by atoms with E-state index in [2.05, 4.69) is 0 Å². The molecule has 0 bridgehead atoms. The maximum atomic E-state index is 12.1. The minimum Gasteiger partial charge on any atom is -0.480 e. The zero-order valence-corrected chi connectivity index (χ0v) is 15.0. The van der Waals surface area contributed by atoms with Crippen molar-refractivity contribution < 1.29 is 19.4 Å². The van der Waals surface area contributed by atoms with Crippen LogP contribution in [-0.4, -0.2) is 53.9 Å². The van der Waals surface area contributed by atoms with Crippen molar-refractivity contribution >= 4 is 37.1 Å². The van der Waals surface area contributed by atoms with Crippen molar-refractivity contribution in [3.63, 3.8) is 0 Å². The van der Waals surface area contributed by atoms with Gasteiger partial charge in [-0.1, -0.05) is 23.7 Å². The number of hydrogen-bond donors (Lipinski definition) is 1. The molecule has 7 heteroatoms. The average Bonchev–Trinajstić information content (AvgIpc) is 2.92. The van der Waals surface area contributed by atoms with Gasteiger partial charge in [0.05, 0.1) is 0 Å². The summed E-state index contributed by atoms with van der Waals surface area (Å²) in [5.74, 6) is -1.00. The molecule has 0 spiro atoms. The first-order chi connectivity index (χ1) is 11.2. The third-order valence-corrected chi connectivity index (χ3v) is 5.04. The number of benzene rings is 1. The summed E-state index contributed by atoms with van der Waals surface area (Å²) < 4.78 is 5.36. The monoisotopic (exact) mass is 347 g/mol. The highest BCUT2D eigenvalue weighted by atomic mass is 32.2. The van der Waals surface area contributed by atoms with E-state index in [1.54, 1.807) is 23.1 Å². The normalized spacial score (nSPS) is 19.1. The fourth-order valence-corrected chi connectivity index (χ4v) is 3.78. The SMILES string of the molecule is [B]c1cccc(SC(C(=O)O)[C@H]2CCN(C(=O)OC(C)(C)C)C2)c1. The van der Waals surface area contributed by atoms with Gasteiger partial charge in [-0.3, -0.25) is 4.79 Å². The summed E-state index contributed by atoms with van der Waals surface area (Å²) in [5, 5.41) is 8.96. The molecule has 5 nitrogen and oxygen atoms in total. The molecule has 1 aliphatic rings. The first-order valence-corrected chi connectivity index (χ1v) is 8.76. The van der Waals surface area contributed by atoms with Crippen molar-refractivity contribution in [1.82, 2.24) is 4.90 Å². The minimum atomic E-state index is -0.876. The Balaban J connectivity index is 2.02. The molecular formula is C17H22BNO4S. The lowest BCUT2D eigenvalue weighted by Gasteiger charge is -2.25. The minimum absolute atomic E-state index is 0.124. The summed E-state index contributed by atoms with van der Waals surface area (Å²) in [6.45, 7) is 6.35. The van der Waals surface area contributed by atoms with Gasteiger partial charge in [0, 0.05) is 23.9 Å². The van der Waals surface area contributed by atoms with Gasteiger partial charge in [0.25, 0.3) is 0 Å². The third-order valence-electron chi connectivity index (χ3n) is 3.67. The van der Waals surface area contributed by atoms with Crippen LogP contribution in [0, 0.1) is 5.92 Å². The van der Waals surface area contributed by atoms with Crippen LogP contribution in [0.15, 0.2) is 29.2 Å². The number of thioether (sulfide) groups is 1. The second-order valence-electron chi connectivity index (χ2n) is 6.92. The van der Waals surface area contributed by atoms with Crippen molar-refractivity contribution in [2.45, 2.75) is 42.9 Å². The molecule has 1 N–H and O–H groups in total. The number of carbonyl (C=O) groups excluding carboxylic acids is 1. The number of carbonyl (C=O) groups is 2. The Kier molecular flexibility index (Phi) is 5.85. The van der Waals surface area contributed by atoms with E-state index in [-0.39, 0.29) is 12.0 Å². The first-order valence-electron chi connectivity index (χ1n) is 7.88. The van der Waals surface area contributed by atoms with Crippen LogP contribution >= 0.6 is 11.8 Å². The van der Waals surface area contributed by atoms with E-state index < -0.39 is 16.8 Å². The van der Waals surface area contributed by atoms with Crippen LogP contribution in [0.5, 0.6) is 0 Å². The van der Waals surface area contributed by atoms with Gasteiger partial charge >= 0.3 is 12.1 Å². The fourth-order valence-electron chi connectivity index (χ4n) is 2.61. The highest BCUT2D eigenvalue weighted by molar-refractivity contribution is 8.00. The predicted octanol–water partition coefficient (Wildman–Crippen LogP) is 2.28. The number of carboxylic acids is 1. The van der Waals surface area contributed by atoms with Crippen molar-refractivity contribution in [3.8, 4) is 0 Å². The zero-order valence-electron chi connectivity index (χ0n) is 14.2. The summed E-state index contributed by atoms with van der Waals surface area (Å²) in [4.78, 5) is 26.2. The van der Waals surface area contributed by atoms with E-state index in [4.69, 9.17) is 12.6 Å². The first kappa shape index (κ1) is 18.7. The molecule has 1 aromatic carbocycles. The van der Waals surface area contributed by atoms with Crippen molar-refractivity contribution in [3.05, 3.63) is 24.3 Å². The summed E-state index contributed by atoms with van der Waals surface area (Å²) >= 11 is 1.28. The molecule has 0 aromatic heterocycles. The Labute approximate surface area is 148 Å². The molecular weight excluding hydrogens is 325 g/mol. The number of aliphatic carboxylic acids is 1. The number of ether oxygens (including phenoxy) is 1. The third kappa shape index (κ3) is 5.19. The molecule has 1 fully saturated rings. The van der Waals surface area contributed by atoms with E-state index in [1.165, 1.54) is 11.8 Å². The predicted molar refractivity (Wildman–Crippen MR) is 95.0 cm³/mol. The molecule has 1 unspecified atom stereocenters. The lowest BCUT2D eigenvalue weighted by atomic mass is 9.97. The Hall–Kier alpha value is -1.63. The molecule has 2 rings (SSSR count). The molecule has 1 saturated heterocycles. The fraction of sp³-hybridized carbons (Fsp3) is 0.529. The molecule has 1 aromatic rings. The van der Waals surface area contributed by atoms with Crippen LogP contribution in [0.4, 0.5) is 4.79 Å². The van der Waals surface area contributed by atoms with Gasteiger partial charge < -0.3 is 14.7 Å². The maximum Gasteiger partial charge on any atom is 0.410 e. The number of carboxylic acid groups (broad SMARTS) is 1. The Bertz CT molecular complexity index is 617. The lowest BCUT2D eigenvalue weighted by Crippen LogP contribution is -2.36. The molecule has 2 radical (unpaired) electrons. The number of amides is 1. The van der Waals surface area contributed by atoms with Gasteiger partial charge in [-0.25, -0.2) is 4.79 Å². The largest absolute Gasteiger partial charge is 0.480 e. The molecule has 1 heterocycles. The van der Waals surface area contributed by atoms with Crippen LogP contribution in [0.2, 0.25) is 0 Å². The van der Waals surface area contributed by atoms with E-state index in [9.17, 15) is 14.7 Å². The molecule has 0 saturated carbocycles. The number of hydrogen-bond acceptors (Lipinski definition) is 4. The Morgan fingerprint density at radius 2 is 2.12 bits per heavy atom. The van der Waals surface area contributed by atoms with Crippen LogP contribution in [0.3, 0.4) is 0 Å². The summed E-state index contributed by atoms with van der Waals surface area (Å²) in [7, 11) is 5.75. The van der Waals surface area contributed by atoms with Gasteiger partial charge in [0.2, 0.25) is 0 Å². The van der Waals surface area contributed by atoms with E-state index in [0.29, 0.717) is 25.0 Å². The number of rotatable bonds is 4. The van der Waals surface area contributed by atoms with Crippen LogP contribution in [0.25, 0.3) is 0 Å². The van der Waals surface area contributed by atoms with Crippen molar-refractivity contribution in [2.24, 2.45) is 5.92 Å². The molecule has 1 amide bonds. The molecule has 24 heavy (non-hydrogen) atoms. The van der Waals surface area contributed by atoms with Gasteiger partial charge in [0.15, 0.2) is 0 Å². The summed E-state index contributed by atoms with van der Waals surface area (Å²) in [6.07, 6.45) is 0.258. The standard InChI is InChI=1S/C17H22BNO4S/c1-17(2,3)23-16(22)19-8-7-11(10-19)14(15(20)21)24-13-6-4-5-12(18)9-13/h4-6,9,11,14H,7-8,10H2,1-3H3,(H,20,21)/t11-,14?/m0/s1. The van der Waals surface area contributed by atoms with Crippen LogP contribution < -0.4 is 5.46 Å². The Morgan fingerprint density at radius 3 is 2.71 bits per heavy atom. The van der Waals surface area contributed by atoms with E-state index in [0.717, 1.165) is 4.90 Å². The van der Waals surface area contributed by atoms with Crippen LogP contribution in [0.1, 0.15) is 27.2 Å². The Morgan fingerprint density at radius 1 is 1.42 bits per heavy atom. The molecule has 0 aliphatic carbocycles. The second-order valence-corrected chi connectivity index (χ2v) is 8.14. The number of likely N-dealkylation sites (tertiary alicyclic amines) is 1. The second kappa shape index (κ2) is 7.51. The van der Waals surface area contributed by atoms with E-state index >= 15 is 0 Å². The van der Waals surface area contributed by atoms with Crippen molar-refractivity contribution in [1.29, 1.82) is 0 Å². The summed E-state index contributed by atoms with van der Waals surface area (Å²) in [6, 6.07) is 7.18. The van der Waals surface area contributed by atoms with E-state index in [1.807, 2.05) is 26.8 Å². The number of nitrogens with zero attached hydrogens (tertiary/aromatic N) is 1. The highest BCUT2D eigenvalue weighted by Gasteiger charge is 2.37. The van der Waals surface area contributed by atoms with Gasteiger partial charge in [-0.15, -0.1) is 11.8 Å². The van der Waals surface area contributed by atoms with Crippen LogP contribution in [-0.2, 0) is 9.53 Å². The molecule has 2 atom stereocenters. The highest BCUT2D eigenvalue weighted by Crippen LogP contribution is 2.33. The summed E-state index contributed by atoms with van der Waals surface area (Å²) in [5.41, 5.74) is 0.0449. The van der Waals surface area contributed by atoms with Gasteiger partial charge in [-0.05, 0) is 33.3 Å². The molecule has 1 aliphatic heterocycles. The average molecular weight is 347 g/mol. The maximum absolute atomic E-state index is 12.1. The lowest BCUT2D eigenvalue weighted by molar-refractivity contribution is -0.137. The van der Waals surface area contributed by atoms with Gasteiger partial charge in [0.1, 0.15) is 18.7 Å². The topological polar surface area (TPSA) is 66.8 Å².